The third kappa shape index (κ3) is 5.13. The summed E-state index contributed by atoms with van der Waals surface area (Å²) in [5.74, 6) is 0.375. The summed E-state index contributed by atoms with van der Waals surface area (Å²) in [4.78, 5) is 29.2. The molecule has 0 radical (unpaired) electrons. The van der Waals surface area contributed by atoms with E-state index in [1.165, 1.54) is 13.8 Å². The number of hydrogen-bond acceptors (Lipinski definition) is 4. The minimum Gasteiger partial charge on any atom is -0.427 e. The number of rotatable bonds is 6. The largest absolute Gasteiger partial charge is 0.427 e. The van der Waals surface area contributed by atoms with Crippen LogP contribution in [0, 0.1) is 0 Å². The smallest absolute Gasteiger partial charge is 0.308 e. The molecular formula is C30H24N2O4. The van der Waals surface area contributed by atoms with Gasteiger partial charge in [0, 0.05) is 36.6 Å². The summed E-state index contributed by atoms with van der Waals surface area (Å²) in [5.41, 5.74) is 8.10. The summed E-state index contributed by atoms with van der Waals surface area (Å²) in [6.07, 6.45) is 0. The van der Waals surface area contributed by atoms with E-state index in [0.29, 0.717) is 11.5 Å². The maximum atomic E-state index is 11.1. The first-order chi connectivity index (χ1) is 17.4. The molecule has 178 valence electrons. The predicted octanol–water partition coefficient (Wildman–Crippen LogP) is 6.86. The Kier molecular flexibility index (Phi) is 6.24. The number of carbonyl (C=O) groups is 2. The Morgan fingerprint density at radius 3 is 1.22 bits per heavy atom. The highest BCUT2D eigenvalue weighted by atomic mass is 16.5. The third-order valence-electron chi connectivity index (χ3n) is 5.71. The van der Waals surface area contributed by atoms with Crippen LogP contribution in [0.4, 0.5) is 0 Å². The van der Waals surface area contributed by atoms with Crippen molar-refractivity contribution in [3.63, 3.8) is 0 Å². The zero-order valence-electron chi connectivity index (χ0n) is 19.9. The second kappa shape index (κ2) is 9.80. The van der Waals surface area contributed by atoms with Crippen molar-refractivity contribution in [3.05, 3.63) is 97.1 Å². The number of aromatic nitrogens is 2. The number of benzene rings is 3. The summed E-state index contributed by atoms with van der Waals surface area (Å²) >= 11 is 0. The van der Waals surface area contributed by atoms with Gasteiger partial charge in [-0.15, -0.1) is 0 Å². The van der Waals surface area contributed by atoms with Gasteiger partial charge < -0.3 is 19.4 Å². The molecule has 2 aromatic heterocycles. The van der Waals surface area contributed by atoms with Crippen LogP contribution in [0.5, 0.6) is 11.5 Å². The molecule has 0 fully saturated rings. The Morgan fingerprint density at radius 1 is 0.500 bits per heavy atom. The van der Waals surface area contributed by atoms with Gasteiger partial charge in [-0.3, -0.25) is 9.59 Å². The Hall–Kier alpha value is -4.84. The average molecular weight is 477 g/mol. The lowest BCUT2D eigenvalue weighted by Gasteiger charge is -2.05. The van der Waals surface area contributed by atoms with Gasteiger partial charge >= 0.3 is 11.9 Å². The molecule has 0 saturated heterocycles. The van der Waals surface area contributed by atoms with Crippen molar-refractivity contribution in [3.8, 4) is 56.5 Å². The minimum atomic E-state index is -0.337. The lowest BCUT2D eigenvalue weighted by Crippen LogP contribution is -2.00. The fourth-order valence-electron chi connectivity index (χ4n) is 4.06. The van der Waals surface area contributed by atoms with Crippen LogP contribution in [0.15, 0.2) is 97.1 Å². The number of ether oxygens (including phenoxy) is 2. The van der Waals surface area contributed by atoms with Crippen LogP contribution in [0.25, 0.3) is 45.0 Å². The van der Waals surface area contributed by atoms with Crippen molar-refractivity contribution in [2.24, 2.45) is 0 Å². The molecule has 0 aliphatic rings. The molecule has 2 heterocycles. The van der Waals surface area contributed by atoms with Gasteiger partial charge in [-0.25, -0.2) is 0 Å². The first-order valence-corrected chi connectivity index (χ1v) is 11.5. The summed E-state index contributed by atoms with van der Waals surface area (Å²) in [5, 5.41) is 0. The SMILES string of the molecule is CC(=O)Oc1ccc(-c2ccc(-c3cccc(-c4ccc(-c5ccc(OC(C)=O)cc5)[nH]4)c3)[nH]2)cc1. The van der Waals surface area contributed by atoms with Crippen molar-refractivity contribution >= 4 is 11.9 Å². The molecule has 0 spiro atoms. The maximum Gasteiger partial charge on any atom is 0.308 e. The molecule has 0 unspecified atom stereocenters. The molecule has 5 rings (SSSR count). The van der Waals surface area contributed by atoms with Crippen molar-refractivity contribution in [1.29, 1.82) is 0 Å². The van der Waals surface area contributed by atoms with Gasteiger partial charge in [-0.05, 0) is 101 Å². The maximum absolute atomic E-state index is 11.1. The van der Waals surface area contributed by atoms with E-state index in [9.17, 15) is 9.59 Å². The predicted molar refractivity (Wildman–Crippen MR) is 140 cm³/mol. The highest BCUT2D eigenvalue weighted by molar-refractivity contribution is 5.75. The van der Waals surface area contributed by atoms with Crippen LogP contribution in [0.3, 0.4) is 0 Å². The van der Waals surface area contributed by atoms with E-state index in [-0.39, 0.29) is 11.9 Å². The molecule has 6 nitrogen and oxygen atoms in total. The first-order valence-electron chi connectivity index (χ1n) is 11.5. The van der Waals surface area contributed by atoms with Crippen molar-refractivity contribution < 1.29 is 19.1 Å². The molecule has 2 N–H and O–H groups in total. The van der Waals surface area contributed by atoms with Crippen molar-refractivity contribution in [1.82, 2.24) is 9.97 Å². The summed E-state index contributed by atoms with van der Waals surface area (Å²) in [6, 6.07) is 31.3. The number of H-pyrrole nitrogens is 2. The van der Waals surface area contributed by atoms with Crippen LogP contribution in [0.1, 0.15) is 13.8 Å². The van der Waals surface area contributed by atoms with Gasteiger partial charge in [0.1, 0.15) is 11.5 Å². The van der Waals surface area contributed by atoms with Gasteiger partial charge in [0.15, 0.2) is 0 Å². The Labute approximate surface area is 208 Å². The highest BCUT2D eigenvalue weighted by Crippen LogP contribution is 2.30. The molecule has 0 aliphatic carbocycles. The molecule has 5 aromatic rings. The number of hydrogen-bond donors (Lipinski definition) is 2. The van der Waals surface area contributed by atoms with Crippen LogP contribution >= 0.6 is 0 Å². The Morgan fingerprint density at radius 2 is 0.861 bits per heavy atom. The van der Waals surface area contributed by atoms with Gasteiger partial charge in [0.05, 0.1) is 0 Å². The van der Waals surface area contributed by atoms with Crippen molar-refractivity contribution in [2.75, 3.05) is 0 Å². The summed E-state index contributed by atoms with van der Waals surface area (Å²) in [7, 11) is 0. The van der Waals surface area contributed by atoms with Crippen molar-refractivity contribution in [2.45, 2.75) is 13.8 Å². The molecule has 0 saturated carbocycles. The minimum absolute atomic E-state index is 0.337. The molecule has 36 heavy (non-hydrogen) atoms. The molecule has 0 amide bonds. The summed E-state index contributed by atoms with van der Waals surface area (Å²) in [6.45, 7) is 2.77. The molecular weight excluding hydrogens is 452 g/mol. The number of nitrogens with one attached hydrogen (secondary N) is 2. The lowest BCUT2D eigenvalue weighted by atomic mass is 10.1. The summed E-state index contributed by atoms with van der Waals surface area (Å²) < 4.78 is 10.2. The van der Waals surface area contributed by atoms with E-state index in [4.69, 9.17) is 9.47 Å². The van der Waals surface area contributed by atoms with Gasteiger partial charge in [0.2, 0.25) is 0 Å². The van der Waals surface area contributed by atoms with Gasteiger partial charge in [0.25, 0.3) is 0 Å². The zero-order chi connectivity index (χ0) is 25.1. The average Bonchev–Trinajstić information content (AvgIpc) is 3.55. The molecule has 0 atom stereocenters. The zero-order valence-corrected chi connectivity index (χ0v) is 19.9. The molecule has 0 aliphatic heterocycles. The van der Waals surface area contributed by atoms with E-state index in [1.807, 2.05) is 42.5 Å². The standard InChI is InChI=1S/C30H24N2O4/c1-19(33)35-25-10-6-21(7-11-25)27-14-16-29(31-27)23-4-3-5-24(18-23)30-17-15-28(32-30)22-8-12-26(13-9-22)36-20(2)34/h3-18,31-32H,1-2H3. The van der Waals surface area contributed by atoms with Crippen LogP contribution < -0.4 is 9.47 Å². The molecule has 3 aromatic carbocycles. The van der Waals surface area contributed by atoms with Crippen LogP contribution in [-0.4, -0.2) is 21.9 Å². The van der Waals surface area contributed by atoms with Crippen LogP contribution in [0.2, 0.25) is 0 Å². The van der Waals surface area contributed by atoms with Crippen LogP contribution in [-0.2, 0) is 9.59 Å². The lowest BCUT2D eigenvalue weighted by molar-refractivity contribution is -0.132. The normalized spacial score (nSPS) is 10.7. The first kappa shape index (κ1) is 22.9. The number of aromatic amines is 2. The Balaban J connectivity index is 1.35. The van der Waals surface area contributed by atoms with E-state index >= 15 is 0 Å². The fourth-order valence-corrected chi connectivity index (χ4v) is 4.06. The van der Waals surface area contributed by atoms with E-state index in [2.05, 4.69) is 40.3 Å². The van der Waals surface area contributed by atoms with E-state index in [1.54, 1.807) is 24.3 Å². The van der Waals surface area contributed by atoms with E-state index in [0.717, 1.165) is 45.0 Å². The monoisotopic (exact) mass is 476 g/mol. The fraction of sp³-hybridized carbons (Fsp3) is 0.0667. The quantitative estimate of drug-likeness (QED) is 0.207. The second-order valence-corrected chi connectivity index (χ2v) is 8.39. The third-order valence-corrected chi connectivity index (χ3v) is 5.71. The molecule has 0 bridgehead atoms. The molecule has 6 heteroatoms. The highest BCUT2D eigenvalue weighted by Gasteiger charge is 2.09. The second-order valence-electron chi connectivity index (χ2n) is 8.39. The van der Waals surface area contributed by atoms with E-state index < -0.39 is 0 Å². The topological polar surface area (TPSA) is 84.2 Å². The van der Waals surface area contributed by atoms with Gasteiger partial charge in [-0.2, -0.15) is 0 Å². The number of esters is 2. The Bertz CT molecular complexity index is 1410. The number of carbonyl (C=O) groups excluding carboxylic acids is 2. The van der Waals surface area contributed by atoms with Gasteiger partial charge in [-0.1, -0.05) is 18.2 Å².